The molecular formula is C18H14Cl4N2OS. The van der Waals surface area contributed by atoms with Gasteiger partial charge in [-0.3, -0.25) is 0 Å². The van der Waals surface area contributed by atoms with Crippen LogP contribution in [0, 0.1) is 0 Å². The molecular weight excluding hydrogens is 434 g/mol. The number of ether oxygens (including phenoxy) is 1. The van der Waals surface area contributed by atoms with Crippen LogP contribution in [0.4, 0.5) is 0 Å². The number of hydrogen-bond acceptors (Lipinski definition) is 3. The average molecular weight is 448 g/mol. The number of halogens is 4. The van der Waals surface area contributed by atoms with Crippen molar-refractivity contribution >= 4 is 58.2 Å². The smallest absolute Gasteiger partial charge is 0.120 e. The minimum Gasteiger partial charge on any atom is -0.492 e. The predicted molar refractivity (Wildman–Crippen MR) is 110 cm³/mol. The number of aromatic nitrogens is 2. The molecule has 3 aromatic rings. The second-order valence-corrected chi connectivity index (χ2v) is 8.46. The van der Waals surface area contributed by atoms with Crippen molar-refractivity contribution in [1.82, 2.24) is 9.55 Å². The Hall–Kier alpha value is -1.04. The first-order chi connectivity index (χ1) is 12.5. The highest BCUT2D eigenvalue weighted by Gasteiger charge is 2.15. The third kappa shape index (κ3) is 5.48. The molecule has 0 aliphatic heterocycles. The fourth-order valence-electron chi connectivity index (χ4n) is 2.26. The molecule has 0 saturated heterocycles. The third-order valence-corrected chi connectivity index (χ3v) is 6.12. The van der Waals surface area contributed by atoms with Gasteiger partial charge < -0.3 is 9.30 Å². The van der Waals surface area contributed by atoms with E-state index in [-0.39, 0.29) is 5.25 Å². The molecule has 0 aliphatic carbocycles. The molecule has 0 amide bonds. The summed E-state index contributed by atoms with van der Waals surface area (Å²) in [7, 11) is 0. The summed E-state index contributed by atoms with van der Waals surface area (Å²) in [6.07, 6.45) is 5.43. The number of benzene rings is 2. The summed E-state index contributed by atoms with van der Waals surface area (Å²) in [5, 5.41) is 2.28. The summed E-state index contributed by atoms with van der Waals surface area (Å²) >= 11 is 25.9. The van der Waals surface area contributed by atoms with Crippen LogP contribution in [0.25, 0.3) is 0 Å². The van der Waals surface area contributed by atoms with Crippen LogP contribution in [-0.2, 0) is 6.54 Å². The van der Waals surface area contributed by atoms with Crippen LogP contribution in [0.15, 0.2) is 60.0 Å². The molecule has 0 N–H and O–H groups in total. The highest BCUT2D eigenvalue weighted by atomic mass is 35.5. The van der Waals surface area contributed by atoms with Gasteiger partial charge in [-0.05, 0) is 30.3 Å². The van der Waals surface area contributed by atoms with Gasteiger partial charge in [0, 0.05) is 34.9 Å². The van der Waals surface area contributed by atoms with E-state index >= 15 is 0 Å². The van der Waals surface area contributed by atoms with E-state index in [2.05, 4.69) is 4.98 Å². The normalized spacial score (nSPS) is 12.2. The molecule has 1 heterocycles. The minimum absolute atomic E-state index is 0.0947. The van der Waals surface area contributed by atoms with Crippen molar-refractivity contribution in [2.75, 3.05) is 6.61 Å². The molecule has 26 heavy (non-hydrogen) atoms. The molecule has 0 aliphatic rings. The standard InChI is InChI=1S/C18H14Cl4N2OS/c19-12-1-4-18(17(22)7-12)26-14(9-24-6-5-23-11-24)10-25-13-2-3-15(20)16(21)8-13/h1-8,11,14H,9-10H2. The Kier molecular flexibility index (Phi) is 7.01. The Morgan fingerprint density at radius 1 is 1.00 bits per heavy atom. The van der Waals surface area contributed by atoms with Gasteiger partial charge in [-0.2, -0.15) is 0 Å². The van der Waals surface area contributed by atoms with Gasteiger partial charge in [0.05, 0.1) is 26.6 Å². The molecule has 2 aromatic carbocycles. The number of rotatable bonds is 7. The molecule has 0 bridgehead atoms. The van der Waals surface area contributed by atoms with Crippen molar-refractivity contribution in [2.45, 2.75) is 16.7 Å². The first-order valence-electron chi connectivity index (χ1n) is 7.66. The summed E-state index contributed by atoms with van der Waals surface area (Å²) in [6.45, 7) is 1.17. The van der Waals surface area contributed by atoms with Crippen molar-refractivity contribution in [3.8, 4) is 5.75 Å². The zero-order valence-corrected chi connectivity index (χ0v) is 17.3. The molecule has 1 unspecified atom stereocenters. The molecule has 8 heteroatoms. The van der Waals surface area contributed by atoms with E-state index in [1.54, 1.807) is 48.6 Å². The largest absolute Gasteiger partial charge is 0.492 e. The molecule has 1 aromatic heterocycles. The van der Waals surface area contributed by atoms with E-state index in [1.165, 1.54) is 0 Å². The monoisotopic (exact) mass is 446 g/mol. The molecule has 1 atom stereocenters. The van der Waals surface area contributed by atoms with Crippen molar-refractivity contribution in [2.24, 2.45) is 0 Å². The van der Waals surface area contributed by atoms with Crippen molar-refractivity contribution in [3.63, 3.8) is 0 Å². The molecule has 3 rings (SSSR count). The molecule has 0 radical (unpaired) electrons. The number of imidazole rings is 1. The van der Waals surface area contributed by atoms with Gasteiger partial charge in [-0.25, -0.2) is 4.98 Å². The van der Waals surface area contributed by atoms with Gasteiger partial charge in [0.15, 0.2) is 0 Å². The van der Waals surface area contributed by atoms with Gasteiger partial charge in [-0.15, -0.1) is 11.8 Å². The van der Waals surface area contributed by atoms with Crippen LogP contribution in [0.1, 0.15) is 0 Å². The number of nitrogens with zero attached hydrogens (tertiary/aromatic N) is 2. The SMILES string of the molecule is Clc1ccc(SC(COc2ccc(Cl)c(Cl)c2)Cn2ccnc2)c(Cl)c1. The summed E-state index contributed by atoms with van der Waals surface area (Å²) in [5.41, 5.74) is 0. The van der Waals surface area contributed by atoms with Crippen molar-refractivity contribution in [1.29, 1.82) is 0 Å². The maximum atomic E-state index is 6.31. The van der Waals surface area contributed by atoms with Crippen LogP contribution < -0.4 is 4.74 Å². The molecule has 0 spiro atoms. The van der Waals surface area contributed by atoms with E-state index in [9.17, 15) is 0 Å². The highest BCUT2D eigenvalue weighted by Crippen LogP contribution is 2.34. The highest BCUT2D eigenvalue weighted by molar-refractivity contribution is 8.00. The quantitative estimate of drug-likeness (QED) is 0.375. The van der Waals surface area contributed by atoms with Crippen LogP contribution in [0.5, 0.6) is 5.75 Å². The van der Waals surface area contributed by atoms with E-state index in [4.69, 9.17) is 51.1 Å². The minimum atomic E-state index is 0.0947. The van der Waals surface area contributed by atoms with Crippen LogP contribution >= 0.6 is 58.2 Å². The van der Waals surface area contributed by atoms with Crippen LogP contribution in [-0.4, -0.2) is 21.4 Å². The number of hydrogen-bond donors (Lipinski definition) is 0. The van der Waals surface area contributed by atoms with Gasteiger partial charge >= 0.3 is 0 Å². The maximum Gasteiger partial charge on any atom is 0.120 e. The maximum absolute atomic E-state index is 6.31. The summed E-state index contributed by atoms with van der Waals surface area (Å²) in [4.78, 5) is 5.03. The fraction of sp³-hybridized carbons (Fsp3) is 0.167. The lowest BCUT2D eigenvalue weighted by atomic mass is 10.3. The second-order valence-electron chi connectivity index (χ2n) is 5.46. The Morgan fingerprint density at radius 3 is 2.54 bits per heavy atom. The molecule has 0 fully saturated rings. The average Bonchev–Trinajstić information content (AvgIpc) is 3.11. The van der Waals surface area contributed by atoms with Crippen molar-refractivity contribution < 1.29 is 4.74 Å². The van der Waals surface area contributed by atoms with E-state index in [0.29, 0.717) is 39.0 Å². The molecule has 3 nitrogen and oxygen atoms in total. The molecule has 136 valence electrons. The summed E-state index contributed by atoms with van der Waals surface area (Å²) < 4.78 is 7.92. The summed E-state index contributed by atoms with van der Waals surface area (Å²) in [6, 6.07) is 10.7. The Labute approximate surface area is 176 Å². The Morgan fingerprint density at radius 2 is 1.85 bits per heavy atom. The van der Waals surface area contributed by atoms with Gasteiger partial charge in [-0.1, -0.05) is 46.4 Å². The Bertz CT molecular complexity index is 874. The fourth-order valence-corrected chi connectivity index (χ4v) is 4.15. The lowest BCUT2D eigenvalue weighted by molar-refractivity contribution is 0.308. The number of thioether (sulfide) groups is 1. The summed E-state index contributed by atoms with van der Waals surface area (Å²) in [5.74, 6) is 0.665. The topological polar surface area (TPSA) is 27.1 Å². The molecule has 0 saturated carbocycles. The second kappa shape index (κ2) is 9.25. The van der Waals surface area contributed by atoms with E-state index < -0.39 is 0 Å². The van der Waals surface area contributed by atoms with Gasteiger partial charge in [0.1, 0.15) is 12.4 Å². The van der Waals surface area contributed by atoms with Crippen LogP contribution in [0.2, 0.25) is 20.1 Å². The first-order valence-corrected chi connectivity index (χ1v) is 10.1. The van der Waals surface area contributed by atoms with Gasteiger partial charge in [0.2, 0.25) is 0 Å². The van der Waals surface area contributed by atoms with E-state index in [0.717, 1.165) is 4.90 Å². The van der Waals surface area contributed by atoms with Crippen molar-refractivity contribution in [3.05, 3.63) is 75.2 Å². The zero-order valence-electron chi connectivity index (χ0n) is 13.4. The van der Waals surface area contributed by atoms with Crippen LogP contribution in [0.3, 0.4) is 0 Å². The van der Waals surface area contributed by atoms with E-state index in [1.807, 2.05) is 22.9 Å². The zero-order chi connectivity index (χ0) is 18.5. The Balaban J connectivity index is 1.73. The first kappa shape index (κ1) is 19.7. The predicted octanol–water partition coefficient (Wildman–Crippen LogP) is 6.74. The lowest BCUT2D eigenvalue weighted by Crippen LogP contribution is -2.20. The third-order valence-electron chi connectivity index (χ3n) is 3.49. The lowest BCUT2D eigenvalue weighted by Gasteiger charge is -2.19. The van der Waals surface area contributed by atoms with Gasteiger partial charge in [0.25, 0.3) is 0 Å².